The number of rotatable bonds is 0. The summed E-state index contributed by atoms with van der Waals surface area (Å²) in [7, 11) is 2.02. The van der Waals surface area contributed by atoms with Gasteiger partial charge in [0.2, 0.25) is 0 Å². The lowest BCUT2D eigenvalue weighted by Crippen LogP contribution is -1.72. The molecule has 0 aromatic rings. The maximum Gasteiger partial charge on any atom is 0.141 e. The summed E-state index contributed by atoms with van der Waals surface area (Å²) in [4.78, 5) is 0. The molecule has 0 amide bonds. The molecule has 2 heteroatoms. The standard InChI is InChI=1S/C4H5BN/c5-4-1-2-6-3-4/h1-3H,5H2. The van der Waals surface area contributed by atoms with Crippen molar-refractivity contribution in [1.29, 1.82) is 0 Å². The molecule has 0 fully saturated rings. The maximum atomic E-state index is 3.82. The van der Waals surface area contributed by atoms with Crippen LogP contribution in [0.25, 0.3) is 0 Å². The van der Waals surface area contributed by atoms with E-state index in [1.807, 2.05) is 20.1 Å². The van der Waals surface area contributed by atoms with Gasteiger partial charge in [-0.2, -0.15) is 0 Å². The van der Waals surface area contributed by atoms with Crippen molar-refractivity contribution in [3.05, 3.63) is 23.9 Å². The van der Waals surface area contributed by atoms with Crippen molar-refractivity contribution in [2.75, 3.05) is 0 Å². The molecule has 0 saturated carbocycles. The Hall–Kier alpha value is -0.655. The van der Waals surface area contributed by atoms with E-state index in [1.54, 1.807) is 6.20 Å². The summed E-state index contributed by atoms with van der Waals surface area (Å²) in [6.45, 7) is 0. The monoisotopic (exact) mass is 78.1 g/mol. The van der Waals surface area contributed by atoms with Crippen LogP contribution in [0.15, 0.2) is 23.9 Å². The van der Waals surface area contributed by atoms with Crippen molar-refractivity contribution in [2.45, 2.75) is 0 Å². The number of hydrogen-bond acceptors (Lipinski definition) is 0. The molecule has 0 spiro atoms. The molecule has 0 unspecified atom stereocenters. The molecule has 1 heterocycles. The molecule has 29 valence electrons. The van der Waals surface area contributed by atoms with Crippen LogP contribution < -0.4 is 5.32 Å². The van der Waals surface area contributed by atoms with E-state index < -0.39 is 0 Å². The highest BCUT2D eigenvalue weighted by Crippen LogP contribution is 1.93. The fourth-order valence-corrected chi connectivity index (χ4v) is 0.364. The summed E-state index contributed by atoms with van der Waals surface area (Å²) in [5.41, 5.74) is 1.23. The molecule has 1 rings (SSSR count). The molecule has 1 aliphatic rings. The Morgan fingerprint density at radius 1 is 1.67 bits per heavy atom. The average Bonchev–Trinajstić information content (AvgIpc) is 1.86. The summed E-state index contributed by atoms with van der Waals surface area (Å²) >= 11 is 0. The van der Waals surface area contributed by atoms with E-state index >= 15 is 0 Å². The summed E-state index contributed by atoms with van der Waals surface area (Å²) in [5.74, 6) is 0. The third-order valence-electron chi connectivity index (χ3n) is 0.702. The molecule has 0 aromatic heterocycles. The molecule has 1 nitrogen and oxygen atoms in total. The van der Waals surface area contributed by atoms with Crippen molar-refractivity contribution < 1.29 is 0 Å². The predicted octanol–water partition coefficient (Wildman–Crippen LogP) is -0.407. The Balaban J connectivity index is 2.68. The van der Waals surface area contributed by atoms with Crippen LogP contribution in [0.1, 0.15) is 0 Å². The summed E-state index contributed by atoms with van der Waals surface area (Å²) in [6, 6.07) is 0. The smallest absolute Gasteiger partial charge is 0.141 e. The molecule has 0 aliphatic carbocycles. The van der Waals surface area contributed by atoms with Crippen LogP contribution >= 0.6 is 0 Å². The lowest BCUT2D eigenvalue weighted by atomic mass is 9.99. The van der Waals surface area contributed by atoms with Gasteiger partial charge in [-0.05, 0) is 6.08 Å². The van der Waals surface area contributed by atoms with Gasteiger partial charge in [0.05, 0.1) is 0 Å². The van der Waals surface area contributed by atoms with Crippen LogP contribution in [0.4, 0.5) is 0 Å². The lowest BCUT2D eigenvalue weighted by molar-refractivity contribution is 1.20. The van der Waals surface area contributed by atoms with Gasteiger partial charge >= 0.3 is 0 Å². The number of nitrogens with zero attached hydrogens (tertiary/aromatic N) is 1. The van der Waals surface area contributed by atoms with E-state index in [1.165, 1.54) is 5.47 Å². The van der Waals surface area contributed by atoms with E-state index in [0.717, 1.165) is 0 Å². The lowest BCUT2D eigenvalue weighted by Gasteiger charge is -1.71. The largest absolute Gasteiger partial charge is 0.265 e. The van der Waals surface area contributed by atoms with Gasteiger partial charge < -0.3 is 0 Å². The second kappa shape index (κ2) is 1.21. The zero-order valence-electron chi connectivity index (χ0n) is 3.68. The van der Waals surface area contributed by atoms with E-state index in [9.17, 15) is 0 Å². The Kier molecular flexibility index (Phi) is 0.711. The van der Waals surface area contributed by atoms with E-state index in [0.29, 0.717) is 0 Å². The molecule has 1 radical (unpaired) electrons. The van der Waals surface area contributed by atoms with Gasteiger partial charge in [-0.3, -0.25) is 5.32 Å². The van der Waals surface area contributed by atoms with Gasteiger partial charge in [-0.1, -0.05) is 5.47 Å². The SMILES string of the molecule is BC1=C[N]C=C1. The minimum absolute atomic E-state index is 1.23. The van der Waals surface area contributed by atoms with Crippen molar-refractivity contribution in [3.8, 4) is 0 Å². The Morgan fingerprint density at radius 2 is 2.50 bits per heavy atom. The first kappa shape index (κ1) is 3.53. The quantitative estimate of drug-likeness (QED) is 0.350. The molecule has 0 N–H and O–H groups in total. The second-order valence-electron chi connectivity index (χ2n) is 1.34. The molecular weight excluding hydrogens is 72.9 g/mol. The summed E-state index contributed by atoms with van der Waals surface area (Å²) < 4.78 is 0. The van der Waals surface area contributed by atoms with Crippen LogP contribution in [0.3, 0.4) is 0 Å². The zero-order chi connectivity index (χ0) is 4.41. The van der Waals surface area contributed by atoms with Crippen LogP contribution in [-0.4, -0.2) is 7.85 Å². The van der Waals surface area contributed by atoms with Gasteiger partial charge in [-0.15, -0.1) is 0 Å². The topological polar surface area (TPSA) is 14.1 Å². The Labute approximate surface area is 38.2 Å². The van der Waals surface area contributed by atoms with Crippen LogP contribution in [0, 0.1) is 0 Å². The fourth-order valence-electron chi connectivity index (χ4n) is 0.364. The molecule has 6 heavy (non-hydrogen) atoms. The Bertz CT molecular complexity index is 101. The van der Waals surface area contributed by atoms with Gasteiger partial charge in [0.15, 0.2) is 0 Å². The first-order valence-electron chi connectivity index (χ1n) is 1.93. The first-order valence-corrected chi connectivity index (χ1v) is 1.93. The number of hydrogen-bond donors (Lipinski definition) is 0. The van der Waals surface area contributed by atoms with E-state index in [2.05, 4.69) is 5.32 Å². The predicted molar refractivity (Wildman–Crippen MR) is 27.9 cm³/mol. The third-order valence-corrected chi connectivity index (χ3v) is 0.702. The highest BCUT2D eigenvalue weighted by atomic mass is 14.8. The van der Waals surface area contributed by atoms with Crippen molar-refractivity contribution in [3.63, 3.8) is 0 Å². The molecule has 1 aliphatic heterocycles. The fraction of sp³-hybridized carbons (Fsp3) is 0. The highest BCUT2D eigenvalue weighted by molar-refractivity contribution is 6.23. The molecule has 0 aromatic carbocycles. The minimum Gasteiger partial charge on any atom is -0.265 e. The summed E-state index contributed by atoms with van der Waals surface area (Å²) in [6.07, 6.45) is 5.59. The molecule has 0 saturated heterocycles. The summed E-state index contributed by atoms with van der Waals surface area (Å²) in [5, 5.41) is 3.82. The average molecular weight is 77.9 g/mol. The second-order valence-corrected chi connectivity index (χ2v) is 1.34. The third kappa shape index (κ3) is 0.457. The number of allylic oxidation sites excluding steroid dienone is 2. The molecular formula is C4H5BN. The maximum absolute atomic E-state index is 3.82. The van der Waals surface area contributed by atoms with Crippen molar-refractivity contribution in [1.82, 2.24) is 5.32 Å². The molecule has 0 bridgehead atoms. The van der Waals surface area contributed by atoms with Gasteiger partial charge in [0.25, 0.3) is 0 Å². The van der Waals surface area contributed by atoms with Gasteiger partial charge in [-0.25, -0.2) is 0 Å². The normalized spacial score (nSPS) is 17.0. The first-order chi connectivity index (χ1) is 2.89. The minimum atomic E-state index is 1.23. The Morgan fingerprint density at radius 3 is 2.67 bits per heavy atom. The zero-order valence-corrected chi connectivity index (χ0v) is 3.68. The van der Waals surface area contributed by atoms with E-state index in [4.69, 9.17) is 0 Å². The van der Waals surface area contributed by atoms with Gasteiger partial charge in [0, 0.05) is 12.4 Å². The van der Waals surface area contributed by atoms with Crippen LogP contribution in [-0.2, 0) is 0 Å². The van der Waals surface area contributed by atoms with Crippen molar-refractivity contribution in [2.24, 2.45) is 0 Å². The van der Waals surface area contributed by atoms with Crippen LogP contribution in [0.5, 0.6) is 0 Å². The van der Waals surface area contributed by atoms with Crippen LogP contribution in [0.2, 0.25) is 0 Å². The van der Waals surface area contributed by atoms with E-state index in [-0.39, 0.29) is 0 Å². The van der Waals surface area contributed by atoms with Crippen molar-refractivity contribution >= 4 is 7.85 Å². The molecule has 0 atom stereocenters. The highest BCUT2D eigenvalue weighted by Gasteiger charge is 1.85. The van der Waals surface area contributed by atoms with Gasteiger partial charge in [0.1, 0.15) is 7.85 Å².